The molecule has 0 saturated carbocycles. The van der Waals surface area contributed by atoms with E-state index in [0.717, 1.165) is 26.1 Å². The minimum absolute atomic E-state index is 0.141. The van der Waals surface area contributed by atoms with Crippen molar-refractivity contribution >= 4 is 5.78 Å². The van der Waals surface area contributed by atoms with Crippen LogP contribution in [0.2, 0.25) is 0 Å². The number of carbonyl (C=O) groups excluding carboxylic acids is 1. The molecule has 84 valence electrons. The Labute approximate surface area is 86.8 Å². The molecule has 0 rings (SSSR count). The second kappa shape index (κ2) is 9.16. The van der Waals surface area contributed by atoms with Crippen LogP contribution in [0.25, 0.3) is 0 Å². The van der Waals surface area contributed by atoms with E-state index < -0.39 is 0 Å². The van der Waals surface area contributed by atoms with Crippen molar-refractivity contribution in [3.8, 4) is 0 Å². The second-order valence-corrected chi connectivity index (χ2v) is 3.47. The van der Waals surface area contributed by atoms with Gasteiger partial charge in [-0.1, -0.05) is 13.8 Å². The molecule has 0 amide bonds. The molecular formula is C11H22O3. The monoisotopic (exact) mass is 202 g/mol. The highest BCUT2D eigenvalue weighted by molar-refractivity contribution is 5.80. The van der Waals surface area contributed by atoms with Crippen LogP contribution in [0.1, 0.15) is 33.1 Å². The Balaban J connectivity index is 3.23. The zero-order valence-electron chi connectivity index (χ0n) is 9.54. The van der Waals surface area contributed by atoms with E-state index in [0.29, 0.717) is 18.8 Å². The highest BCUT2D eigenvalue weighted by Crippen LogP contribution is 2.05. The SMILES string of the molecule is CCC(=O)C(C)CCOCCCOC. The van der Waals surface area contributed by atoms with Gasteiger partial charge in [0.25, 0.3) is 0 Å². The van der Waals surface area contributed by atoms with Gasteiger partial charge in [0.15, 0.2) is 0 Å². The number of ketones is 1. The van der Waals surface area contributed by atoms with Crippen molar-refractivity contribution in [2.75, 3.05) is 26.9 Å². The highest BCUT2D eigenvalue weighted by Gasteiger charge is 2.09. The molecule has 0 aromatic carbocycles. The maximum Gasteiger partial charge on any atom is 0.135 e. The van der Waals surface area contributed by atoms with Gasteiger partial charge in [-0.25, -0.2) is 0 Å². The van der Waals surface area contributed by atoms with Crippen LogP contribution in [0.15, 0.2) is 0 Å². The van der Waals surface area contributed by atoms with Crippen LogP contribution in [-0.4, -0.2) is 32.7 Å². The van der Waals surface area contributed by atoms with Crippen LogP contribution in [0.5, 0.6) is 0 Å². The van der Waals surface area contributed by atoms with Crippen molar-refractivity contribution in [1.29, 1.82) is 0 Å². The van der Waals surface area contributed by atoms with E-state index in [-0.39, 0.29) is 5.92 Å². The average Bonchev–Trinajstić information content (AvgIpc) is 2.21. The zero-order chi connectivity index (χ0) is 10.8. The highest BCUT2D eigenvalue weighted by atomic mass is 16.5. The van der Waals surface area contributed by atoms with Gasteiger partial charge in [-0.3, -0.25) is 4.79 Å². The first-order chi connectivity index (χ1) is 6.72. The molecule has 0 aromatic heterocycles. The zero-order valence-corrected chi connectivity index (χ0v) is 9.54. The second-order valence-electron chi connectivity index (χ2n) is 3.47. The van der Waals surface area contributed by atoms with E-state index in [9.17, 15) is 4.79 Å². The number of hydrogen-bond donors (Lipinski definition) is 0. The van der Waals surface area contributed by atoms with E-state index in [1.54, 1.807) is 7.11 Å². The molecule has 3 heteroatoms. The maximum atomic E-state index is 11.2. The van der Waals surface area contributed by atoms with E-state index in [2.05, 4.69) is 0 Å². The predicted molar refractivity (Wildman–Crippen MR) is 56.4 cm³/mol. The Hall–Kier alpha value is -0.410. The largest absolute Gasteiger partial charge is 0.385 e. The summed E-state index contributed by atoms with van der Waals surface area (Å²) in [7, 11) is 1.68. The van der Waals surface area contributed by atoms with Crippen LogP contribution in [0, 0.1) is 5.92 Å². The lowest BCUT2D eigenvalue weighted by atomic mass is 10.0. The van der Waals surface area contributed by atoms with E-state index in [1.165, 1.54) is 0 Å². The fourth-order valence-corrected chi connectivity index (χ4v) is 1.18. The first-order valence-electron chi connectivity index (χ1n) is 5.31. The molecule has 0 fully saturated rings. The standard InChI is InChI=1S/C11H22O3/c1-4-11(12)10(2)6-9-14-8-5-7-13-3/h10H,4-9H2,1-3H3. The lowest BCUT2D eigenvalue weighted by Crippen LogP contribution is -2.12. The lowest BCUT2D eigenvalue weighted by molar-refractivity contribution is -0.122. The number of carbonyl (C=O) groups is 1. The molecule has 0 aromatic rings. The first-order valence-corrected chi connectivity index (χ1v) is 5.31. The van der Waals surface area contributed by atoms with Gasteiger partial charge in [0.05, 0.1) is 0 Å². The fourth-order valence-electron chi connectivity index (χ4n) is 1.18. The van der Waals surface area contributed by atoms with Crippen molar-refractivity contribution in [2.24, 2.45) is 5.92 Å². The van der Waals surface area contributed by atoms with Crippen molar-refractivity contribution in [3.05, 3.63) is 0 Å². The summed E-state index contributed by atoms with van der Waals surface area (Å²) < 4.78 is 10.3. The van der Waals surface area contributed by atoms with Crippen molar-refractivity contribution in [2.45, 2.75) is 33.1 Å². The Kier molecular flexibility index (Phi) is 8.89. The van der Waals surface area contributed by atoms with Gasteiger partial charge in [0.1, 0.15) is 5.78 Å². The third-order valence-electron chi connectivity index (χ3n) is 2.23. The maximum absolute atomic E-state index is 11.2. The van der Waals surface area contributed by atoms with Crippen molar-refractivity contribution in [3.63, 3.8) is 0 Å². The lowest BCUT2D eigenvalue weighted by Gasteiger charge is -2.09. The van der Waals surface area contributed by atoms with Gasteiger partial charge in [-0.2, -0.15) is 0 Å². The Morgan fingerprint density at radius 1 is 1.29 bits per heavy atom. The summed E-state index contributed by atoms with van der Waals surface area (Å²) >= 11 is 0. The molecule has 3 nitrogen and oxygen atoms in total. The molecule has 1 unspecified atom stereocenters. The number of ether oxygens (including phenoxy) is 2. The number of rotatable bonds is 9. The van der Waals surface area contributed by atoms with Crippen molar-refractivity contribution in [1.82, 2.24) is 0 Å². The van der Waals surface area contributed by atoms with Gasteiger partial charge >= 0.3 is 0 Å². The Morgan fingerprint density at radius 3 is 2.57 bits per heavy atom. The normalized spacial score (nSPS) is 12.8. The molecule has 0 saturated heterocycles. The minimum Gasteiger partial charge on any atom is -0.385 e. The summed E-state index contributed by atoms with van der Waals surface area (Å²) in [6, 6.07) is 0. The van der Waals surface area contributed by atoms with Crippen LogP contribution >= 0.6 is 0 Å². The van der Waals surface area contributed by atoms with Crippen LogP contribution < -0.4 is 0 Å². The molecule has 0 heterocycles. The molecule has 0 bridgehead atoms. The molecule has 0 aliphatic carbocycles. The van der Waals surface area contributed by atoms with Gasteiger partial charge in [-0.05, 0) is 12.8 Å². The van der Waals surface area contributed by atoms with Crippen LogP contribution in [0.4, 0.5) is 0 Å². The first kappa shape index (κ1) is 13.6. The van der Waals surface area contributed by atoms with Crippen LogP contribution in [-0.2, 0) is 14.3 Å². The third kappa shape index (κ3) is 7.04. The van der Waals surface area contributed by atoms with E-state index >= 15 is 0 Å². The summed E-state index contributed by atoms with van der Waals surface area (Å²) in [5.74, 6) is 0.466. The quantitative estimate of drug-likeness (QED) is 0.537. The van der Waals surface area contributed by atoms with Gasteiger partial charge in [0, 0.05) is 39.3 Å². The molecule has 0 N–H and O–H groups in total. The summed E-state index contributed by atoms with van der Waals surface area (Å²) in [5.41, 5.74) is 0. The number of Topliss-reactive ketones (excluding diaryl/α,β-unsaturated/α-hetero) is 1. The molecule has 0 aliphatic heterocycles. The van der Waals surface area contributed by atoms with Gasteiger partial charge in [-0.15, -0.1) is 0 Å². The molecule has 14 heavy (non-hydrogen) atoms. The molecule has 0 aliphatic rings. The third-order valence-corrected chi connectivity index (χ3v) is 2.23. The Morgan fingerprint density at radius 2 is 2.00 bits per heavy atom. The molecule has 0 radical (unpaired) electrons. The minimum atomic E-state index is 0.141. The summed E-state index contributed by atoms with van der Waals surface area (Å²) in [6.07, 6.45) is 2.39. The van der Waals surface area contributed by atoms with E-state index in [4.69, 9.17) is 9.47 Å². The summed E-state index contributed by atoms with van der Waals surface area (Å²) in [4.78, 5) is 11.2. The Bertz CT molecular complexity index is 145. The molecular weight excluding hydrogens is 180 g/mol. The van der Waals surface area contributed by atoms with Crippen molar-refractivity contribution < 1.29 is 14.3 Å². The number of hydrogen-bond acceptors (Lipinski definition) is 3. The average molecular weight is 202 g/mol. The van der Waals surface area contributed by atoms with E-state index in [1.807, 2.05) is 13.8 Å². The van der Waals surface area contributed by atoms with Crippen LogP contribution in [0.3, 0.4) is 0 Å². The van der Waals surface area contributed by atoms with Gasteiger partial charge in [0.2, 0.25) is 0 Å². The van der Waals surface area contributed by atoms with Gasteiger partial charge < -0.3 is 9.47 Å². The summed E-state index contributed by atoms with van der Waals surface area (Å²) in [6.45, 7) is 6.00. The number of methoxy groups -OCH3 is 1. The smallest absolute Gasteiger partial charge is 0.135 e. The fraction of sp³-hybridized carbons (Fsp3) is 0.909. The molecule has 0 spiro atoms. The summed E-state index contributed by atoms with van der Waals surface area (Å²) in [5, 5.41) is 0. The topological polar surface area (TPSA) is 35.5 Å². The predicted octanol–water partition coefficient (Wildman–Crippen LogP) is 2.04. The molecule has 1 atom stereocenters.